The van der Waals surface area contributed by atoms with E-state index in [9.17, 15) is 13.2 Å². The van der Waals surface area contributed by atoms with Crippen molar-refractivity contribution in [2.24, 2.45) is 4.99 Å². The molecule has 1 heterocycles. The van der Waals surface area contributed by atoms with Crippen LogP contribution in [0.5, 0.6) is 5.75 Å². The highest BCUT2D eigenvalue weighted by molar-refractivity contribution is 7.90. The Morgan fingerprint density at radius 1 is 1.03 bits per heavy atom. The molecular formula is C19H18Cl2N2O5S. The minimum Gasteiger partial charge on any atom is -0.487 e. The third kappa shape index (κ3) is 5.41. The molecule has 2 aromatic carbocycles. The van der Waals surface area contributed by atoms with Gasteiger partial charge in [-0.2, -0.15) is 0 Å². The molecule has 0 fully saturated rings. The molecule has 1 aliphatic heterocycles. The van der Waals surface area contributed by atoms with Crippen molar-refractivity contribution in [2.75, 3.05) is 19.8 Å². The minimum absolute atomic E-state index is 0.0576. The molecule has 1 N–H and O–H groups in total. The van der Waals surface area contributed by atoms with Gasteiger partial charge in [-0.15, -0.1) is 0 Å². The van der Waals surface area contributed by atoms with Crippen LogP contribution in [0.4, 0.5) is 0 Å². The first kappa shape index (κ1) is 21.4. The van der Waals surface area contributed by atoms with Crippen LogP contribution in [0.2, 0.25) is 10.0 Å². The van der Waals surface area contributed by atoms with Gasteiger partial charge in [0.25, 0.3) is 10.0 Å². The van der Waals surface area contributed by atoms with E-state index in [0.29, 0.717) is 33.6 Å². The van der Waals surface area contributed by atoms with Gasteiger partial charge in [0.05, 0.1) is 14.9 Å². The number of aliphatic imine (C=N–C) groups is 1. The van der Waals surface area contributed by atoms with Gasteiger partial charge in [-0.25, -0.2) is 8.42 Å². The summed E-state index contributed by atoms with van der Waals surface area (Å²) in [5, 5.41) is 0.763. The molecule has 0 amide bonds. The predicted molar refractivity (Wildman–Crippen MR) is 110 cm³/mol. The molecule has 2 aromatic rings. The van der Waals surface area contributed by atoms with Crippen molar-refractivity contribution in [3.05, 3.63) is 58.1 Å². The summed E-state index contributed by atoms with van der Waals surface area (Å²) in [7, 11) is -3.56. The molecule has 0 saturated carbocycles. The van der Waals surface area contributed by atoms with E-state index < -0.39 is 16.0 Å². The lowest BCUT2D eigenvalue weighted by Crippen LogP contribution is -2.22. The average Bonchev–Trinajstić information content (AvgIpc) is 2.95. The SMILES string of the molecule is O=C(CCCN=C1NS(=O)(=O)c2ccccc21)OCCOc1c(Cl)cccc1Cl. The van der Waals surface area contributed by atoms with Crippen LogP contribution < -0.4 is 9.46 Å². The lowest BCUT2D eigenvalue weighted by atomic mass is 10.2. The number of nitrogens with zero attached hydrogens (tertiary/aromatic N) is 1. The molecule has 0 radical (unpaired) electrons. The Morgan fingerprint density at radius 2 is 1.76 bits per heavy atom. The molecule has 154 valence electrons. The number of para-hydroxylation sites is 1. The van der Waals surface area contributed by atoms with E-state index in [0.717, 1.165) is 0 Å². The van der Waals surface area contributed by atoms with E-state index >= 15 is 0 Å². The molecule has 1 aliphatic rings. The van der Waals surface area contributed by atoms with Crippen molar-refractivity contribution in [1.82, 2.24) is 4.72 Å². The molecule has 0 saturated heterocycles. The number of amidine groups is 1. The van der Waals surface area contributed by atoms with E-state index in [4.69, 9.17) is 32.7 Å². The quantitative estimate of drug-likeness (QED) is 0.484. The van der Waals surface area contributed by atoms with Crippen molar-refractivity contribution in [2.45, 2.75) is 17.7 Å². The molecule has 29 heavy (non-hydrogen) atoms. The number of rotatable bonds is 8. The molecule has 10 heteroatoms. The first-order valence-corrected chi connectivity index (χ1v) is 11.0. The lowest BCUT2D eigenvalue weighted by Gasteiger charge is -2.10. The minimum atomic E-state index is -3.56. The van der Waals surface area contributed by atoms with Crippen LogP contribution >= 0.6 is 23.2 Å². The van der Waals surface area contributed by atoms with Crippen LogP contribution in [-0.4, -0.2) is 40.0 Å². The Hall–Kier alpha value is -2.29. The highest BCUT2D eigenvalue weighted by Crippen LogP contribution is 2.32. The van der Waals surface area contributed by atoms with Gasteiger partial charge in [0, 0.05) is 18.5 Å². The molecule has 3 rings (SSSR count). The molecule has 0 aliphatic carbocycles. The first-order chi connectivity index (χ1) is 13.9. The van der Waals surface area contributed by atoms with E-state index in [-0.39, 0.29) is 31.1 Å². The maximum Gasteiger partial charge on any atom is 0.305 e. The smallest absolute Gasteiger partial charge is 0.305 e. The summed E-state index contributed by atoms with van der Waals surface area (Å²) in [6.07, 6.45) is 0.571. The van der Waals surface area contributed by atoms with Crippen molar-refractivity contribution in [3.63, 3.8) is 0 Å². The average molecular weight is 457 g/mol. The zero-order valence-electron chi connectivity index (χ0n) is 15.2. The second-order valence-electron chi connectivity index (χ2n) is 6.06. The van der Waals surface area contributed by atoms with E-state index in [1.165, 1.54) is 6.07 Å². The number of nitrogens with one attached hydrogen (secondary N) is 1. The summed E-state index contributed by atoms with van der Waals surface area (Å²) in [5.41, 5.74) is 0.533. The summed E-state index contributed by atoms with van der Waals surface area (Å²) >= 11 is 12.0. The monoisotopic (exact) mass is 456 g/mol. The predicted octanol–water partition coefficient (Wildman–Crippen LogP) is 3.43. The Morgan fingerprint density at radius 3 is 2.52 bits per heavy atom. The standard InChI is InChI=1S/C19H18Cl2N2O5S/c20-14-6-3-7-15(21)18(14)28-12-11-27-17(24)9-4-10-22-19-13-5-1-2-8-16(13)29(25,26)23-19/h1-3,5-8H,4,9-12H2,(H,22,23). The number of sulfonamides is 1. The van der Waals surface area contributed by atoms with Gasteiger partial charge in [0.15, 0.2) is 5.75 Å². The number of fused-ring (bicyclic) bond motifs is 1. The number of carbonyl (C=O) groups excluding carboxylic acids is 1. The first-order valence-electron chi connectivity index (χ1n) is 8.77. The van der Waals surface area contributed by atoms with Gasteiger partial charge >= 0.3 is 5.97 Å². The third-order valence-corrected chi connectivity index (χ3v) is 5.98. The fourth-order valence-corrected chi connectivity index (χ4v) is 4.41. The molecule has 0 atom stereocenters. The second-order valence-corrected chi connectivity index (χ2v) is 8.52. The van der Waals surface area contributed by atoms with Crippen LogP contribution in [0.1, 0.15) is 18.4 Å². The van der Waals surface area contributed by atoms with Crippen LogP contribution in [0.3, 0.4) is 0 Å². The Bertz CT molecular complexity index is 1020. The topological polar surface area (TPSA) is 94.1 Å². The summed E-state index contributed by atoms with van der Waals surface area (Å²) in [4.78, 5) is 16.3. The largest absolute Gasteiger partial charge is 0.487 e. The van der Waals surface area contributed by atoms with Crippen LogP contribution in [0, 0.1) is 0 Å². The van der Waals surface area contributed by atoms with Crippen LogP contribution in [0.25, 0.3) is 0 Å². The number of esters is 1. The molecule has 7 nitrogen and oxygen atoms in total. The molecule has 0 spiro atoms. The Kier molecular flexibility index (Phi) is 7.00. The second kappa shape index (κ2) is 9.47. The maximum absolute atomic E-state index is 12.0. The molecule has 0 aromatic heterocycles. The lowest BCUT2D eigenvalue weighted by molar-refractivity contribution is -0.144. The summed E-state index contributed by atoms with van der Waals surface area (Å²) in [6.45, 7) is 0.463. The van der Waals surface area contributed by atoms with Gasteiger partial charge < -0.3 is 9.47 Å². The number of halogens is 2. The van der Waals surface area contributed by atoms with Gasteiger partial charge in [-0.05, 0) is 30.7 Å². The molecule has 0 bridgehead atoms. The van der Waals surface area contributed by atoms with E-state index in [1.54, 1.807) is 36.4 Å². The fraction of sp³-hybridized carbons (Fsp3) is 0.263. The number of hydrogen-bond acceptors (Lipinski definition) is 6. The van der Waals surface area contributed by atoms with Gasteiger partial charge in [-0.3, -0.25) is 14.5 Å². The molecular weight excluding hydrogens is 439 g/mol. The number of hydrogen-bond donors (Lipinski definition) is 1. The number of benzene rings is 2. The van der Waals surface area contributed by atoms with Crippen molar-refractivity contribution in [1.29, 1.82) is 0 Å². The number of ether oxygens (including phenoxy) is 2. The zero-order chi connectivity index (χ0) is 20.9. The maximum atomic E-state index is 12.0. The van der Waals surface area contributed by atoms with Crippen molar-refractivity contribution in [3.8, 4) is 5.75 Å². The van der Waals surface area contributed by atoms with Crippen molar-refractivity contribution >= 4 is 45.0 Å². The Balaban J connectivity index is 1.39. The van der Waals surface area contributed by atoms with Gasteiger partial charge in [0.2, 0.25) is 0 Å². The van der Waals surface area contributed by atoms with E-state index in [2.05, 4.69) is 9.71 Å². The normalized spacial score (nSPS) is 15.6. The fourth-order valence-electron chi connectivity index (χ4n) is 2.66. The number of carbonyl (C=O) groups is 1. The van der Waals surface area contributed by atoms with Crippen LogP contribution in [-0.2, 0) is 19.6 Å². The van der Waals surface area contributed by atoms with E-state index in [1.807, 2.05) is 0 Å². The Labute approximate surface area is 178 Å². The van der Waals surface area contributed by atoms with Crippen molar-refractivity contribution < 1.29 is 22.7 Å². The summed E-state index contributed by atoms with van der Waals surface area (Å²) in [6, 6.07) is 11.6. The van der Waals surface area contributed by atoms with Gasteiger partial charge in [-0.1, -0.05) is 41.4 Å². The zero-order valence-corrected chi connectivity index (χ0v) is 17.6. The summed E-state index contributed by atoms with van der Waals surface area (Å²) < 4.78 is 37.0. The van der Waals surface area contributed by atoms with Gasteiger partial charge in [0.1, 0.15) is 19.0 Å². The summed E-state index contributed by atoms with van der Waals surface area (Å²) in [5.74, 6) is 0.243. The van der Waals surface area contributed by atoms with Crippen LogP contribution in [0.15, 0.2) is 52.4 Å². The molecule has 0 unspecified atom stereocenters. The third-order valence-electron chi connectivity index (χ3n) is 3.98. The highest BCUT2D eigenvalue weighted by Gasteiger charge is 2.29. The highest BCUT2D eigenvalue weighted by atomic mass is 35.5.